The van der Waals surface area contributed by atoms with Gasteiger partial charge in [-0.25, -0.2) is 4.39 Å². The van der Waals surface area contributed by atoms with Gasteiger partial charge in [-0.15, -0.1) is 0 Å². The topological polar surface area (TPSA) is 79.5 Å². The highest BCUT2D eigenvalue weighted by molar-refractivity contribution is 5.96. The molecule has 23 heavy (non-hydrogen) atoms. The Balaban J connectivity index is 1.87. The van der Waals surface area contributed by atoms with Crippen LogP contribution in [0.5, 0.6) is 5.75 Å². The Labute approximate surface area is 130 Å². The van der Waals surface area contributed by atoms with Gasteiger partial charge in [0.15, 0.2) is 0 Å². The maximum absolute atomic E-state index is 12.8. The first-order valence-corrected chi connectivity index (χ1v) is 6.83. The lowest BCUT2D eigenvalue weighted by molar-refractivity contribution is 0.0919. The zero-order valence-corrected chi connectivity index (χ0v) is 11.9. The summed E-state index contributed by atoms with van der Waals surface area (Å²) in [5, 5.41) is 12.6. The molecule has 0 saturated carbocycles. The van der Waals surface area contributed by atoms with Crippen molar-refractivity contribution in [2.75, 3.05) is 0 Å². The van der Waals surface area contributed by atoms with E-state index in [9.17, 15) is 19.1 Å². The van der Waals surface area contributed by atoms with Crippen LogP contribution in [0.1, 0.15) is 16.1 Å². The predicted octanol–water partition coefficient (Wildman–Crippen LogP) is 2.57. The van der Waals surface area contributed by atoms with Crippen molar-refractivity contribution in [1.29, 1.82) is 0 Å². The first kappa shape index (κ1) is 14.8. The number of aromatic hydroxyl groups is 1. The van der Waals surface area contributed by atoms with Gasteiger partial charge in [0.25, 0.3) is 5.91 Å². The number of nitrogens with one attached hydrogen (secondary N) is 1. The quantitative estimate of drug-likeness (QED) is 0.779. The van der Waals surface area contributed by atoms with Crippen LogP contribution in [-0.4, -0.2) is 11.0 Å². The number of carbonyl (C=O) groups is 1. The molecule has 0 fully saturated rings. The molecule has 1 amide bonds. The van der Waals surface area contributed by atoms with E-state index >= 15 is 0 Å². The van der Waals surface area contributed by atoms with Gasteiger partial charge < -0.3 is 14.8 Å². The summed E-state index contributed by atoms with van der Waals surface area (Å²) in [6.07, 6.45) is 0. The number of para-hydroxylation sites is 1. The van der Waals surface area contributed by atoms with Crippen molar-refractivity contribution in [2.24, 2.45) is 0 Å². The SMILES string of the molecule is O=C(NCc1ccc(F)cc1)c1oc2ccccc2c(=O)c1O. The summed E-state index contributed by atoms with van der Waals surface area (Å²) < 4.78 is 18.1. The van der Waals surface area contributed by atoms with Crippen molar-refractivity contribution in [3.8, 4) is 5.75 Å². The highest BCUT2D eigenvalue weighted by Gasteiger charge is 2.19. The molecular weight excluding hydrogens is 301 g/mol. The van der Waals surface area contributed by atoms with Crippen molar-refractivity contribution in [1.82, 2.24) is 5.32 Å². The van der Waals surface area contributed by atoms with E-state index in [2.05, 4.69) is 5.32 Å². The number of hydrogen-bond donors (Lipinski definition) is 2. The highest BCUT2D eigenvalue weighted by Crippen LogP contribution is 2.19. The van der Waals surface area contributed by atoms with Crippen molar-refractivity contribution < 1.29 is 18.7 Å². The Kier molecular flexibility index (Phi) is 3.80. The molecule has 6 heteroatoms. The van der Waals surface area contributed by atoms with E-state index in [1.54, 1.807) is 12.1 Å². The van der Waals surface area contributed by atoms with Crippen LogP contribution >= 0.6 is 0 Å². The number of benzene rings is 2. The minimum absolute atomic E-state index is 0.106. The average molecular weight is 313 g/mol. The molecule has 3 aromatic rings. The van der Waals surface area contributed by atoms with Crippen LogP contribution < -0.4 is 10.7 Å². The molecule has 0 atom stereocenters. The molecule has 2 aromatic carbocycles. The monoisotopic (exact) mass is 313 g/mol. The molecule has 0 spiro atoms. The van der Waals surface area contributed by atoms with Crippen molar-refractivity contribution in [3.63, 3.8) is 0 Å². The Bertz CT molecular complexity index is 931. The molecule has 5 nitrogen and oxygen atoms in total. The number of rotatable bonds is 3. The van der Waals surface area contributed by atoms with Gasteiger partial charge in [0.05, 0.1) is 5.39 Å². The van der Waals surface area contributed by atoms with E-state index in [1.807, 2.05) is 0 Å². The molecule has 0 unspecified atom stereocenters. The second-order valence-corrected chi connectivity index (χ2v) is 4.91. The number of hydrogen-bond acceptors (Lipinski definition) is 4. The second-order valence-electron chi connectivity index (χ2n) is 4.91. The smallest absolute Gasteiger partial charge is 0.291 e. The lowest BCUT2D eigenvalue weighted by Crippen LogP contribution is -2.24. The minimum Gasteiger partial charge on any atom is -0.501 e. The number of halogens is 1. The van der Waals surface area contributed by atoms with Gasteiger partial charge in [0.2, 0.25) is 16.9 Å². The van der Waals surface area contributed by atoms with Gasteiger partial charge in [-0.3, -0.25) is 9.59 Å². The molecule has 3 rings (SSSR count). The first-order chi connectivity index (χ1) is 11.1. The summed E-state index contributed by atoms with van der Waals surface area (Å²) in [6, 6.07) is 11.9. The van der Waals surface area contributed by atoms with E-state index in [0.717, 1.165) is 0 Å². The summed E-state index contributed by atoms with van der Waals surface area (Å²) in [7, 11) is 0. The van der Waals surface area contributed by atoms with Crippen LogP contribution in [-0.2, 0) is 6.54 Å². The average Bonchev–Trinajstić information content (AvgIpc) is 2.57. The summed E-state index contributed by atoms with van der Waals surface area (Å²) in [5.41, 5.74) is 0.211. The van der Waals surface area contributed by atoms with Gasteiger partial charge in [0, 0.05) is 6.54 Å². The summed E-state index contributed by atoms with van der Waals surface area (Å²) in [4.78, 5) is 24.2. The Hall–Kier alpha value is -3.15. The van der Waals surface area contributed by atoms with Gasteiger partial charge in [-0.1, -0.05) is 24.3 Å². The standard InChI is InChI=1S/C17H12FNO4/c18-11-7-5-10(6-8-11)9-19-17(22)16-15(21)14(20)12-3-1-2-4-13(12)23-16/h1-8,21H,9H2,(H,19,22). The van der Waals surface area contributed by atoms with Crippen molar-refractivity contribution in [3.05, 3.63) is 75.9 Å². The third-order valence-electron chi connectivity index (χ3n) is 3.35. The van der Waals surface area contributed by atoms with E-state index < -0.39 is 22.8 Å². The normalized spacial score (nSPS) is 10.7. The second kappa shape index (κ2) is 5.92. The van der Waals surface area contributed by atoms with Crippen LogP contribution in [0.4, 0.5) is 4.39 Å². The summed E-state index contributed by atoms with van der Waals surface area (Å²) in [5.74, 6) is -2.29. The minimum atomic E-state index is -0.736. The van der Waals surface area contributed by atoms with Gasteiger partial charge in [-0.2, -0.15) is 0 Å². The van der Waals surface area contributed by atoms with Crippen LogP contribution in [0, 0.1) is 5.82 Å². The lowest BCUT2D eigenvalue weighted by atomic mass is 10.2. The number of amides is 1. The molecule has 0 saturated heterocycles. The van der Waals surface area contributed by atoms with Crippen LogP contribution in [0.2, 0.25) is 0 Å². The largest absolute Gasteiger partial charge is 0.501 e. The summed E-state index contributed by atoms with van der Waals surface area (Å²) >= 11 is 0. The number of carbonyl (C=O) groups excluding carboxylic acids is 1. The third kappa shape index (κ3) is 2.91. The predicted molar refractivity (Wildman–Crippen MR) is 81.7 cm³/mol. The molecule has 0 aliphatic carbocycles. The fourth-order valence-corrected chi connectivity index (χ4v) is 2.15. The molecule has 0 radical (unpaired) electrons. The zero-order valence-electron chi connectivity index (χ0n) is 11.9. The Morgan fingerprint density at radius 3 is 2.57 bits per heavy atom. The molecule has 0 aliphatic heterocycles. The zero-order chi connectivity index (χ0) is 16.4. The maximum atomic E-state index is 12.8. The van der Waals surface area contributed by atoms with E-state index in [-0.39, 0.29) is 23.3 Å². The highest BCUT2D eigenvalue weighted by atomic mass is 19.1. The molecular formula is C17H12FNO4. The van der Waals surface area contributed by atoms with E-state index in [4.69, 9.17) is 4.42 Å². The van der Waals surface area contributed by atoms with Gasteiger partial charge in [-0.05, 0) is 29.8 Å². The van der Waals surface area contributed by atoms with Gasteiger partial charge >= 0.3 is 0 Å². The fraction of sp³-hybridized carbons (Fsp3) is 0.0588. The first-order valence-electron chi connectivity index (χ1n) is 6.83. The van der Waals surface area contributed by atoms with Crippen LogP contribution in [0.25, 0.3) is 11.0 Å². The lowest BCUT2D eigenvalue weighted by Gasteiger charge is -2.07. The molecule has 0 bridgehead atoms. The maximum Gasteiger partial charge on any atom is 0.291 e. The van der Waals surface area contributed by atoms with E-state index in [1.165, 1.54) is 36.4 Å². The molecule has 116 valence electrons. The summed E-state index contributed by atoms with van der Waals surface area (Å²) in [6.45, 7) is 0.106. The Morgan fingerprint density at radius 1 is 1.13 bits per heavy atom. The van der Waals surface area contributed by atoms with Crippen LogP contribution in [0.3, 0.4) is 0 Å². The van der Waals surface area contributed by atoms with Gasteiger partial charge in [0.1, 0.15) is 11.4 Å². The van der Waals surface area contributed by atoms with Crippen molar-refractivity contribution >= 4 is 16.9 Å². The van der Waals surface area contributed by atoms with E-state index in [0.29, 0.717) is 5.56 Å². The number of fused-ring (bicyclic) bond motifs is 1. The third-order valence-corrected chi connectivity index (χ3v) is 3.35. The molecule has 0 aliphatic rings. The fourth-order valence-electron chi connectivity index (χ4n) is 2.15. The Morgan fingerprint density at radius 2 is 1.83 bits per heavy atom. The van der Waals surface area contributed by atoms with Crippen molar-refractivity contribution in [2.45, 2.75) is 6.54 Å². The molecule has 1 heterocycles. The van der Waals surface area contributed by atoms with Crippen LogP contribution in [0.15, 0.2) is 57.7 Å². The molecule has 2 N–H and O–H groups in total. The molecule has 1 aromatic heterocycles.